The Labute approximate surface area is 93.1 Å². The third-order valence-corrected chi connectivity index (χ3v) is 3.29. The highest BCUT2D eigenvalue weighted by Gasteiger charge is 2.07. The maximum Gasteiger partial charge on any atom is 0.0233 e. The molecule has 15 heavy (non-hydrogen) atoms. The van der Waals surface area contributed by atoms with Crippen LogP contribution < -0.4 is 0 Å². The molecule has 82 valence electrons. The Morgan fingerprint density at radius 3 is 2.53 bits per heavy atom. The third kappa shape index (κ3) is 3.07. The number of nitrogens with zero attached hydrogens (tertiary/aromatic N) is 1. The van der Waals surface area contributed by atoms with Gasteiger partial charge >= 0.3 is 0 Å². The van der Waals surface area contributed by atoms with Crippen LogP contribution >= 0.6 is 0 Å². The quantitative estimate of drug-likeness (QED) is 0.625. The highest BCUT2D eigenvalue weighted by atomic mass is 15.1. The van der Waals surface area contributed by atoms with Gasteiger partial charge in [0, 0.05) is 6.54 Å². The van der Waals surface area contributed by atoms with Crippen molar-refractivity contribution in [2.24, 2.45) is 0 Å². The molecule has 0 aliphatic carbocycles. The zero-order valence-corrected chi connectivity index (χ0v) is 9.71. The smallest absolute Gasteiger partial charge is 0.0233 e. The maximum absolute atomic E-state index is 2.45. The van der Waals surface area contributed by atoms with Crippen LogP contribution in [0.4, 0.5) is 0 Å². The van der Waals surface area contributed by atoms with Crippen LogP contribution in [0, 0.1) is 0 Å². The molecular weight excluding hydrogens is 182 g/mol. The molecule has 0 spiro atoms. The number of benzene rings is 1. The zero-order valence-electron chi connectivity index (χ0n) is 9.71. The Morgan fingerprint density at radius 1 is 0.933 bits per heavy atom. The number of hydrogen-bond acceptors (Lipinski definition) is 1. The average Bonchev–Trinajstić information content (AvgIpc) is 2.25. The summed E-state index contributed by atoms with van der Waals surface area (Å²) in [5.74, 6) is 0. The standard InChI is InChI=1S/C14H21N/c1-15-11-7-3-2-4-8-13-9-5-6-10-14(13)12-15/h5-6,9-10H,2-4,7-8,11-12H2,1H3. The molecule has 2 rings (SSSR count). The average molecular weight is 203 g/mol. The van der Waals surface area contributed by atoms with Gasteiger partial charge in [-0.25, -0.2) is 0 Å². The highest BCUT2D eigenvalue weighted by Crippen LogP contribution is 2.17. The summed E-state index contributed by atoms with van der Waals surface area (Å²) < 4.78 is 0. The maximum atomic E-state index is 2.45. The van der Waals surface area contributed by atoms with Gasteiger partial charge in [0.25, 0.3) is 0 Å². The molecule has 0 N–H and O–H groups in total. The highest BCUT2D eigenvalue weighted by molar-refractivity contribution is 5.27. The molecule has 1 heterocycles. The van der Waals surface area contributed by atoms with Crippen molar-refractivity contribution in [1.82, 2.24) is 4.90 Å². The van der Waals surface area contributed by atoms with E-state index in [1.165, 1.54) is 44.2 Å². The van der Waals surface area contributed by atoms with E-state index >= 15 is 0 Å². The van der Waals surface area contributed by atoms with E-state index in [0.717, 1.165) is 6.54 Å². The molecule has 1 aromatic rings. The molecule has 0 saturated carbocycles. The molecule has 0 amide bonds. The van der Waals surface area contributed by atoms with Crippen molar-refractivity contribution in [3.8, 4) is 0 Å². The van der Waals surface area contributed by atoms with Crippen molar-refractivity contribution in [2.45, 2.75) is 38.6 Å². The Hall–Kier alpha value is -0.820. The summed E-state index contributed by atoms with van der Waals surface area (Å²) in [7, 11) is 2.23. The summed E-state index contributed by atoms with van der Waals surface area (Å²) in [5.41, 5.74) is 3.09. The van der Waals surface area contributed by atoms with Crippen molar-refractivity contribution in [3.63, 3.8) is 0 Å². The van der Waals surface area contributed by atoms with Gasteiger partial charge in [-0.15, -0.1) is 0 Å². The summed E-state index contributed by atoms with van der Waals surface area (Å²) >= 11 is 0. The summed E-state index contributed by atoms with van der Waals surface area (Å²) in [4.78, 5) is 2.45. The van der Waals surface area contributed by atoms with E-state index in [9.17, 15) is 0 Å². The number of fused-ring (bicyclic) bond motifs is 1. The second-order valence-corrected chi connectivity index (χ2v) is 4.67. The first-order chi connectivity index (χ1) is 7.36. The number of hydrogen-bond donors (Lipinski definition) is 0. The summed E-state index contributed by atoms with van der Waals surface area (Å²) in [6.45, 7) is 2.37. The van der Waals surface area contributed by atoms with E-state index in [4.69, 9.17) is 0 Å². The lowest BCUT2D eigenvalue weighted by molar-refractivity contribution is 0.313. The number of rotatable bonds is 0. The Morgan fingerprint density at radius 2 is 1.67 bits per heavy atom. The van der Waals surface area contributed by atoms with Crippen molar-refractivity contribution >= 4 is 0 Å². The summed E-state index contributed by atoms with van der Waals surface area (Å²) in [5, 5.41) is 0. The summed E-state index contributed by atoms with van der Waals surface area (Å²) in [6, 6.07) is 8.92. The van der Waals surface area contributed by atoms with Gasteiger partial charge in [-0.3, -0.25) is 0 Å². The predicted molar refractivity (Wildman–Crippen MR) is 64.9 cm³/mol. The zero-order chi connectivity index (χ0) is 10.5. The van der Waals surface area contributed by atoms with Crippen LogP contribution in [0.15, 0.2) is 24.3 Å². The van der Waals surface area contributed by atoms with Crippen LogP contribution in [0.25, 0.3) is 0 Å². The molecule has 1 aromatic carbocycles. The molecule has 0 unspecified atom stereocenters. The fraction of sp³-hybridized carbons (Fsp3) is 0.571. The molecule has 0 fully saturated rings. The molecule has 0 radical (unpaired) electrons. The van der Waals surface area contributed by atoms with Crippen LogP contribution in [0.3, 0.4) is 0 Å². The molecule has 1 heteroatoms. The minimum Gasteiger partial charge on any atom is -0.302 e. The largest absolute Gasteiger partial charge is 0.302 e. The molecule has 1 aliphatic heterocycles. The normalized spacial score (nSPS) is 19.5. The second-order valence-electron chi connectivity index (χ2n) is 4.67. The number of aryl methyl sites for hydroxylation is 1. The van der Waals surface area contributed by atoms with Crippen molar-refractivity contribution in [2.75, 3.05) is 13.6 Å². The van der Waals surface area contributed by atoms with Gasteiger partial charge in [0.15, 0.2) is 0 Å². The van der Waals surface area contributed by atoms with E-state index in [2.05, 4.69) is 36.2 Å². The van der Waals surface area contributed by atoms with Crippen LogP contribution in [-0.2, 0) is 13.0 Å². The van der Waals surface area contributed by atoms with Crippen LogP contribution in [0.2, 0.25) is 0 Å². The topological polar surface area (TPSA) is 3.24 Å². The lowest BCUT2D eigenvalue weighted by atomic mass is 9.99. The Kier molecular flexibility index (Phi) is 3.79. The van der Waals surface area contributed by atoms with E-state index < -0.39 is 0 Å². The van der Waals surface area contributed by atoms with Crippen LogP contribution in [0.5, 0.6) is 0 Å². The fourth-order valence-corrected chi connectivity index (χ4v) is 2.38. The van der Waals surface area contributed by atoms with Gasteiger partial charge < -0.3 is 4.90 Å². The third-order valence-electron chi connectivity index (χ3n) is 3.29. The molecule has 0 saturated heterocycles. The second kappa shape index (κ2) is 5.32. The Balaban J connectivity index is 2.15. The fourth-order valence-electron chi connectivity index (χ4n) is 2.38. The molecule has 1 aliphatic rings. The monoisotopic (exact) mass is 203 g/mol. The van der Waals surface area contributed by atoms with Gasteiger partial charge in [0.1, 0.15) is 0 Å². The first-order valence-corrected chi connectivity index (χ1v) is 6.11. The van der Waals surface area contributed by atoms with Gasteiger partial charge in [-0.1, -0.05) is 37.1 Å². The van der Waals surface area contributed by atoms with E-state index in [1.54, 1.807) is 5.56 Å². The molecule has 1 nitrogen and oxygen atoms in total. The minimum absolute atomic E-state index is 1.12. The lowest BCUT2D eigenvalue weighted by Gasteiger charge is -2.20. The molecular formula is C14H21N. The van der Waals surface area contributed by atoms with E-state index in [-0.39, 0.29) is 0 Å². The van der Waals surface area contributed by atoms with Gasteiger partial charge in [-0.2, -0.15) is 0 Å². The SMILES string of the molecule is CN1CCCCCCc2ccccc2C1. The Bertz CT molecular complexity index is 306. The van der Waals surface area contributed by atoms with Crippen molar-refractivity contribution in [1.29, 1.82) is 0 Å². The lowest BCUT2D eigenvalue weighted by Crippen LogP contribution is -2.20. The first-order valence-electron chi connectivity index (χ1n) is 6.11. The van der Waals surface area contributed by atoms with Gasteiger partial charge in [0.2, 0.25) is 0 Å². The molecule has 0 aromatic heterocycles. The van der Waals surface area contributed by atoms with E-state index in [0.29, 0.717) is 0 Å². The minimum atomic E-state index is 1.12. The molecule has 0 bridgehead atoms. The van der Waals surface area contributed by atoms with Crippen LogP contribution in [0.1, 0.15) is 36.8 Å². The van der Waals surface area contributed by atoms with Gasteiger partial charge in [0.05, 0.1) is 0 Å². The first kappa shape index (κ1) is 10.7. The molecule has 0 atom stereocenters. The van der Waals surface area contributed by atoms with Crippen molar-refractivity contribution < 1.29 is 0 Å². The van der Waals surface area contributed by atoms with Crippen LogP contribution in [-0.4, -0.2) is 18.5 Å². The predicted octanol–water partition coefficient (Wildman–Crippen LogP) is 3.23. The van der Waals surface area contributed by atoms with Gasteiger partial charge in [-0.05, 0) is 44.0 Å². The van der Waals surface area contributed by atoms with Crippen molar-refractivity contribution in [3.05, 3.63) is 35.4 Å². The van der Waals surface area contributed by atoms with E-state index in [1.807, 2.05) is 0 Å². The summed E-state index contributed by atoms with van der Waals surface area (Å²) in [6.07, 6.45) is 6.78.